The van der Waals surface area contributed by atoms with Crippen LogP contribution in [0.5, 0.6) is 0 Å². The SMILES string of the molecule is CC(O)CSCC(C)C(N)=O. The Hall–Kier alpha value is -0.220. The third kappa shape index (κ3) is 6.19. The highest BCUT2D eigenvalue weighted by atomic mass is 32.2. The molecule has 3 N–H and O–H groups in total. The second kappa shape index (κ2) is 5.43. The second-order valence-electron chi connectivity index (χ2n) is 2.69. The van der Waals surface area contributed by atoms with E-state index < -0.39 is 0 Å². The monoisotopic (exact) mass is 177 g/mol. The van der Waals surface area contributed by atoms with E-state index >= 15 is 0 Å². The van der Waals surface area contributed by atoms with Gasteiger partial charge in [0.15, 0.2) is 0 Å². The highest BCUT2D eigenvalue weighted by Gasteiger charge is 2.08. The van der Waals surface area contributed by atoms with Crippen LogP contribution in [0.2, 0.25) is 0 Å². The molecule has 0 aliphatic rings. The lowest BCUT2D eigenvalue weighted by Crippen LogP contribution is -2.22. The van der Waals surface area contributed by atoms with Crippen molar-refractivity contribution >= 4 is 17.7 Å². The van der Waals surface area contributed by atoms with Gasteiger partial charge in [-0.1, -0.05) is 6.92 Å². The molecule has 0 aromatic carbocycles. The van der Waals surface area contributed by atoms with Crippen LogP contribution in [0.4, 0.5) is 0 Å². The molecule has 66 valence electrons. The first-order valence-corrected chi connectivity index (χ1v) is 4.74. The zero-order valence-electron chi connectivity index (χ0n) is 6.91. The maximum Gasteiger partial charge on any atom is 0.221 e. The van der Waals surface area contributed by atoms with Gasteiger partial charge in [0.2, 0.25) is 5.91 Å². The zero-order chi connectivity index (χ0) is 8.85. The average molecular weight is 177 g/mol. The molecule has 0 radical (unpaired) electrons. The summed E-state index contributed by atoms with van der Waals surface area (Å²) in [6.07, 6.45) is -0.305. The number of hydrogen-bond donors (Lipinski definition) is 2. The predicted molar refractivity (Wildman–Crippen MR) is 47.4 cm³/mol. The van der Waals surface area contributed by atoms with Gasteiger partial charge in [0.1, 0.15) is 0 Å². The smallest absolute Gasteiger partial charge is 0.221 e. The summed E-state index contributed by atoms with van der Waals surface area (Å²) in [7, 11) is 0. The molecule has 0 fully saturated rings. The summed E-state index contributed by atoms with van der Waals surface area (Å²) in [4.78, 5) is 10.5. The van der Waals surface area contributed by atoms with E-state index in [1.165, 1.54) is 0 Å². The van der Waals surface area contributed by atoms with Gasteiger partial charge in [-0.05, 0) is 6.92 Å². The molecule has 2 unspecified atom stereocenters. The van der Waals surface area contributed by atoms with Crippen LogP contribution in [0.15, 0.2) is 0 Å². The summed E-state index contributed by atoms with van der Waals surface area (Å²) in [6.45, 7) is 3.51. The Balaban J connectivity index is 3.31. The van der Waals surface area contributed by atoms with E-state index in [2.05, 4.69) is 0 Å². The normalized spacial score (nSPS) is 15.9. The number of primary amides is 1. The molecule has 0 heterocycles. The maximum atomic E-state index is 10.5. The third-order valence-corrected chi connectivity index (χ3v) is 2.67. The number of amides is 1. The highest BCUT2D eigenvalue weighted by molar-refractivity contribution is 7.99. The van der Waals surface area contributed by atoms with E-state index in [1.54, 1.807) is 25.6 Å². The van der Waals surface area contributed by atoms with Crippen LogP contribution in [0, 0.1) is 5.92 Å². The topological polar surface area (TPSA) is 63.3 Å². The van der Waals surface area contributed by atoms with Crippen molar-refractivity contribution in [3.63, 3.8) is 0 Å². The van der Waals surface area contributed by atoms with Gasteiger partial charge in [-0.15, -0.1) is 0 Å². The van der Waals surface area contributed by atoms with E-state index in [9.17, 15) is 4.79 Å². The van der Waals surface area contributed by atoms with Gasteiger partial charge >= 0.3 is 0 Å². The van der Waals surface area contributed by atoms with Gasteiger partial charge in [-0.25, -0.2) is 0 Å². The molecule has 11 heavy (non-hydrogen) atoms. The Labute approximate surface area is 71.3 Å². The van der Waals surface area contributed by atoms with Crippen molar-refractivity contribution < 1.29 is 9.90 Å². The summed E-state index contributed by atoms with van der Waals surface area (Å²) in [5.74, 6) is 0.986. The molecule has 0 bridgehead atoms. The van der Waals surface area contributed by atoms with Gasteiger partial charge in [-0.3, -0.25) is 4.79 Å². The van der Waals surface area contributed by atoms with Crippen LogP contribution in [-0.4, -0.2) is 28.6 Å². The first-order chi connectivity index (χ1) is 5.04. The van der Waals surface area contributed by atoms with Crippen LogP contribution in [-0.2, 0) is 4.79 Å². The van der Waals surface area contributed by atoms with E-state index in [1.807, 2.05) is 0 Å². The van der Waals surface area contributed by atoms with Crippen molar-refractivity contribution in [3.05, 3.63) is 0 Å². The minimum absolute atomic E-state index is 0.0984. The van der Waals surface area contributed by atoms with Gasteiger partial charge in [-0.2, -0.15) is 11.8 Å². The number of hydrogen-bond acceptors (Lipinski definition) is 3. The molecular weight excluding hydrogens is 162 g/mol. The summed E-state index contributed by atoms with van der Waals surface area (Å²) < 4.78 is 0. The Kier molecular flexibility index (Phi) is 5.32. The quantitative estimate of drug-likeness (QED) is 0.631. The minimum Gasteiger partial charge on any atom is -0.393 e. The fraction of sp³-hybridized carbons (Fsp3) is 0.857. The zero-order valence-corrected chi connectivity index (χ0v) is 7.73. The molecule has 0 aliphatic heterocycles. The van der Waals surface area contributed by atoms with E-state index in [4.69, 9.17) is 10.8 Å². The summed E-state index contributed by atoms with van der Waals surface area (Å²) in [5, 5.41) is 8.87. The van der Waals surface area contributed by atoms with Crippen molar-refractivity contribution in [2.24, 2.45) is 11.7 Å². The molecule has 0 rings (SSSR count). The number of carbonyl (C=O) groups is 1. The standard InChI is InChI=1S/C7H15NO2S/c1-5(7(8)10)3-11-4-6(2)9/h5-6,9H,3-4H2,1-2H3,(H2,8,10). The number of thioether (sulfide) groups is 1. The molecule has 1 amide bonds. The van der Waals surface area contributed by atoms with E-state index in [0.717, 1.165) is 0 Å². The van der Waals surface area contributed by atoms with E-state index in [-0.39, 0.29) is 17.9 Å². The Morgan fingerprint density at radius 3 is 2.45 bits per heavy atom. The molecule has 4 heteroatoms. The van der Waals surface area contributed by atoms with Crippen LogP contribution in [0.1, 0.15) is 13.8 Å². The van der Waals surface area contributed by atoms with Crippen LogP contribution >= 0.6 is 11.8 Å². The number of rotatable bonds is 5. The van der Waals surface area contributed by atoms with Crippen molar-refractivity contribution in [1.29, 1.82) is 0 Å². The van der Waals surface area contributed by atoms with Crippen molar-refractivity contribution in [1.82, 2.24) is 0 Å². The highest BCUT2D eigenvalue weighted by Crippen LogP contribution is 2.08. The van der Waals surface area contributed by atoms with E-state index in [0.29, 0.717) is 11.5 Å². The first-order valence-electron chi connectivity index (χ1n) is 3.59. The van der Waals surface area contributed by atoms with Crippen molar-refractivity contribution in [2.45, 2.75) is 20.0 Å². The number of aliphatic hydroxyl groups excluding tert-OH is 1. The molecule has 0 spiro atoms. The molecule has 0 saturated carbocycles. The van der Waals surface area contributed by atoms with Crippen LogP contribution in [0.3, 0.4) is 0 Å². The fourth-order valence-electron chi connectivity index (χ4n) is 0.498. The Morgan fingerprint density at radius 1 is 1.55 bits per heavy atom. The first kappa shape index (κ1) is 10.8. The molecule has 0 aromatic rings. The molecule has 2 atom stereocenters. The average Bonchev–Trinajstić information content (AvgIpc) is 1.86. The predicted octanol–water partition coefficient (Wildman–Crippen LogP) is 0.222. The Morgan fingerprint density at radius 2 is 2.09 bits per heavy atom. The summed E-state index contributed by atoms with van der Waals surface area (Å²) in [6, 6.07) is 0. The summed E-state index contributed by atoms with van der Waals surface area (Å²) >= 11 is 1.55. The summed E-state index contributed by atoms with van der Waals surface area (Å²) in [5.41, 5.74) is 5.04. The van der Waals surface area contributed by atoms with Crippen molar-refractivity contribution in [3.8, 4) is 0 Å². The fourth-order valence-corrected chi connectivity index (χ4v) is 1.49. The van der Waals surface area contributed by atoms with Gasteiger partial charge in [0.25, 0.3) is 0 Å². The molecular formula is C7H15NO2S. The maximum absolute atomic E-state index is 10.5. The lowest BCUT2D eigenvalue weighted by molar-refractivity contribution is -0.120. The van der Waals surface area contributed by atoms with Crippen LogP contribution in [0.25, 0.3) is 0 Å². The largest absolute Gasteiger partial charge is 0.393 e. The number of aliphatic hydroxyl groups is 1. The van der Waals surface area contributed by atoms with Gasteiger partial charge in [0.05, 0.1) is 6.10 Å². The van der Waals surface area contributed by atoms with Crippen molar-refractivity contribution in [2.75, 3.05) is 11.5 Å². The molecule has 0 aliphatic carbocycles. The van der Waals surface area contributed by atoms with Gasteiger partial charge < -0.3 is 10.8 Å². The molecule has 0 aromatic heterocycles. The van der Waals surface area contributed by atoms with Crippen LogP contribution < -0.4 is 5.73 Å². The van der Waals surface area contributed by atoms with Gasteiger partial charge in [0, 0.05) is 17.4 Å². The Bertz CT molecular complexity index is 128. The minimum atomic E-state index is -0.305. The second-order valence-corrected chi connectivity index (χ2v) is 3.76. The number of carbonyl (C=O) groups excluding carboxylic acids is 1. The number of nitrogens with two attached hydrogens (primary N) is 1. The lowest BCUT2D eigenvalue weighted by Gasteiger charge is -2.07. The molecule has 0 saturated heterocycles. The molecule has 3 nitrogen and oxygen atoms in total. The third-order valence-electron chi connectivity index (χ3n) is 1.21. The lowest BCUT2D eigenvalue weighted by atomic mass is 10.2.